The summed E-state index contributed by atoms with van der Waals surface area (Å²) in [4.78, 5) is 30.0. The Labute approximate surface area is 119 Å². The number of hydrogen-bond donors (Lipinski definition) is 3. The molecular formula is C12H12N6O3. The molecule has 9 heteroatoms. The SMILES string of the molecule is NNc1cncc(C(=O)NCc2ccccc2[N+](=O)[O-])n1. The molecule has 2 aromatic rings. The van der Waals surface area contributed by atoms with Gasteiger partial charge in [-0.05, 0) is 0 Å². The molecule has 2 rings (SSSR count). The summed E-state index contributed by atoms with van der Waals surface area (Å²) in [7, 11) is 0. The average Bonchev–Trinajstić information content (AvgIpc) is 2.52. The zero-order chi connectivity index (χ0) is 15.2. The van der Waals surface area contributed by atoms with Gasteiger partial charge in [0.05, 0.1) is 17.3 Å². The molecule has 0 aliphatic carbocycles. The lowest BCUT2D eigenvalue weighted by Crippen LogP contribution is -2.25. The molecule has 0 fully saturated rings. The molecule has 0 unspecified atom stereocenters. The average molecular weight is 288 g/mol. The fourth-order valence-electron chi connectivity index (χ4n) is 1.65. The van der Waals surface area contributed by atoms with Crippen molar-refractivity contribution in [2.75, 3.05) is 5.43 Å². The third-order valence-corrected chi connectivity index (χ3v) is 2.64. The number of amides is 1. The van der Waals surface area contributed by atoms with Gasteiger partial charge in [0.1, 0.15) is 5.69 Å². The lowest BCUT2D eigenvalue weighted by atomic mass is 10.2. The Kier molecular flexibility index (Phi) is 4.36. The van der Waals surface area contributed by atoms with E-state index in [9.17, 15) is 14.9 Å². The third-order valence-electron chi connectivity index (χ3n) is 2.64. The normalized spacial score (nSPS) is 9.95. The van der Waals surface area contributed by atoms with Gasteiger partial charge in [-0.25, -0.2) is 10.8 Å². The largest absolute Gasteiger partial charge is 0.346 e. The zero-order valence-corrected chi connectivity index (χ0v) is 10.8. The highest BCUT2D eigenvalue weighted by atomic mass is 16.6. The second kappa shape index (κ2) is 6.39. The number of aromatic nitrogens is 2. The van der Waals surface area contributed by atoms with Gasteiger partial charge in [-0.15, -0.1) is 0 Å². The Morgan fingerprint density at radius 3 is 2.81 bits per heavy atom. The topological polar surface area (TPSA) is 136 Å². The number of hydrogen-bond acceptors (Lipinski definition) is 7. The molecule has 0 aliphatic heterocycles. The standard InChI is InChI=1S/C12H12N6O3/c13-17-11-7-14-6-9(16-11)12(19)15-5-8-3-1-2-4-10(8)18(20)21/h1-4,6-7H,5,13H2,(H,15,19)(H,16,17). The highest BCUT2D eigenvalue weighted by Gasteiger charge is 2.14. The van der Waals surface area contributed by atoms with Crippen molar-refractivity contribution in [3.63, 3.8) is 0 Å². The minimum atomic E-state index is -0.502. The van der Waals surface area contributed by atoms with E-state index in [0.717, 1.165) is 0 Å². The quantitative estimate of drug-likeness (QED) is 0.416. The van der Waals surface area contributed by atoms with E-state index in [4.69, 9.17) is 5.84 Å². The number of nitrogens with zero attached hydrogens (tertiary/aromatic N) is 3. The number of hydrazine groups is 1. The summed E-state index contributed by atoms with van der Waals surface area (Å²) >= 11 is 0. The van der Waals surface area contributed by atoms with Gasteiger partial charge >= 0.3 is 0 Å². The van der Waals surface area contributed by atoms with Gasteiger partial charge in [-0.1, -0.05) is 18.2 Å². The van der Waals surface area contributed by atoms with E-state index in [1.54, 1.807) is 18.2 Å². The minimum absolute atomic E-state index is 0.0119. The maximum atomic E-state index is 11.9. The Morgan fingerprint density at radius 1 is 1.33 bits per heavy atom. The minimum Gasteiger partial charge on any atom is -0.346 e. The van der Waals surface area contributed by atoms with E-state index in [1.165, 1.54) is 18.5 Å². The van der Waals surface area contributed by atoms with Crippen molar-refractivity contribution < 1.29 is 9.72 Å². The Morgan fingerprint density at radius 2 is 2.10 bits per heavy atom. The molecule has 1 amide bonds. The lowest BCUT2D eigenvalue weighted by Gasteiger charge is -2.06. The highest BCUT2D eigenvalue weighted by molar-refractivity contribution is 5.92. The van der Waals surface area contributed by atoms with E-state index in [2.05, 4.69) is 20.7 Å². The van der Waals surface area contributed by atoms with Gasteiger partial charge in [-0.2, -0.15) is 0 Å². The van der Waals surface area contributed by atoms with Crippen LogP contribution in [0.3, 0.4) is 0 Å². The number of nitro benzene ring substituents is 1. The van der Waals surface area contributed by atoms with Crippen LogP contribution in [0.25, 0.3) is 0 Å². The predicted molar refractivity (Wildman–Crippen MR) is 74.1 cm³/mol. The van der Waals surface area contributed by atoms with Crippen LogP contribution in [0, 0.1) is 10.1 Å². The van der Waals surface area contributed by atoms with Gasteiger partial charge in [0.15, 0.2) is 5.82 Å². The van der Waals surface area contributed by atoms with Crippen molar-refractivity contribution in [1.29, 1.82) is 0 Å². The molecule has 0 spiro atoms. The number of benzene rings is 1. The molecule has 1 aromatic carbocycles. The summed E-state index contributed by atoms with van der Waals surface area (Å²) in [6, 6.07) is 6.17. The van der Waals surface area contributed by atoms with Crippen LogP contribution >= 0.6 is 0 Å². The Balaban J connectivity index is 2.09. The molecule has 21 heavy (non-hydrogen) atoms. The number of anilines is 1. The van der Waals surface area contributed by atoms with Crippen molar-refractivity contribution in [1.82, 2.24) is 15.3 Å². The van der Waals surface area contributed by atoms with Crippen molar-refractivity contribution >= 4 is 17.4 Å². The molecule has 0 atom stereocenters. The number of nitrogen functional groups attached to an aromatic ring is 1. The van der Waals surface area contributed by atoms with Crippen LogP contribution in [0.4, 0.5) is 11.5 Å². The first-order chi connectivity index (χ1) is 10.1. The van der Waals surface area contributed by atoms with E-state index in [1.807, 2.05) is 0 Å². The Hall–Kier alpha value is -3.07. The first-order valence-electron chi connectivity index (χ1n) is 5.91. The van der Waals surface area contributed by atoms with Crippen LogP contribution in [-0.2, 0) is 6.54 Å². The number of nitrogens with two attached hydrogens (primary N) is 1. The predicted octanol–water partition coefficient (Wildman–Crippen LogP) is 0.600. The van der Waals surface area contributed by atoms with Crippen LogP contribution in [0.5, 0.6) is 0 Å². The van der Waals surface area contributed by atoms with Gasteiger partial charge in [-0.3, -0.25) is 19.9 Å². The molecule has 0 aliphatic rings. The second-order valence-electron chi connectivity index (χ2n) is 4.00. The second-order valence-corrected chi connectivity index (χ2v) is 4.00. The zero-order valence-electron chi connectivity index (χ0n) is 10.8. The van der Waals surface area contributed by atoms with Crippen LogP contribution in [0.15, 0.2) is 36.7 Å². The molecule has 1 aromatic heterocycles. The first kappa shape index (κ1) is 14.3. The number of nitro groups is 1. The van der Waals surface area contributed by atoms with Crippen molar-refractivity contribution in [3.05, 3.63) is 58.0 Å². The van der Waals surface area contributed by atoms with Gasteiger partial charge in [0, 0.05) is 18.2 Å². The monoisotopic (exact) mass is 288 g/mol. The first-order valence-corrected chi connectivity index (χ1v) is 5.91. The smallest absolute Gasteiger partial charge is 0.274 e. The molecule has 0 saturated carbocycles. The van der Waals surface area contributed by atoms with Crippen LogP contribution in [0.1, 0.15) is 16.1 Å². The van der Waals surface area contributed by atoms with Crippen molar-refractivity contribution in [3.8, 4) is 0 Å². The van der Waals surface area contributed by atoms with E-state index in [-0.39, 0.29) is 23.7 Å². The molecule has 108 valence electrons. The van der Waals surface area contributed by atoms with Crippen LogP contribution in [-0.4, -0.2) is 20.8 Å². The van der Waals surface area contributed by atoms with Gasteiger partial charge < -0.3 is 10.7 Å². The molecular weight excluding hydrogens is 276 g/mol. The Bertz CT molecular complexity index is 676. The summed E-state index contributed by atoms with van der Waals surface area (Å²) in [5, 5.41) is 13.4. The summed E-state index contributed by atoms with van der Waals surface area (Å²) in [5.41, 5.74) is 2.68. The maximum absolute atomic E-state index is 11.9. The maximum Gasteiger partial charge on any atom is 0.274 e. The molecule has 0 bridgehead atoms. The van der Waals surface area contributed by atoms with E-state index < -0.39 is 10.8 Å². The van der Waals surface area contributed by atoms with Crippen molar-refractivity contribution in [2.45, 2.75) is 6.54 Å². The molecule has 0 radical (unpaired) electrons. The molecule has 1 heterocycles. The van der Waals surface area contributed by atoms with E-state index in [0.29, 0.717) is 5.56 Å². The highest BCUT2D eigenvalue weighted by Crippen LogP contribution is 2.17. The molecule has 0 saturated heterocycles. The van der Waals surface area contributed by atoms with Crippen LogP contribution in [0.2, 0.25) is 0 Å². The molecule has 9 nitrogen and oxygen atoms in total. The number of rotatable bonds is 5. The summed E-state index contributed by atoms with van der Waals surface area (Å²) < 4.78 is 0. The summed E-state index contributed by atoms with van der Waals surface area (Å²) in [5.74, 6) is 4.92. The molecule has 4 N–H and O–H groups in total. The number of carbonyl (C=O) groups is 1. The van der Waals surface area contributed by atoms with E-state index >= 15 is 0 Å². The van der Waals surface area contributed by atoms with Crippen LogP contribution < -0.4 is 16.6 Å². The number of carbonyl (C=O) groups excluding carboxylic acids is 1. The summed E-state index contributed by atoms with van der Waals surface area (Å²) in [6.07, 6.45) is 2.63. The van der Waals surface area contributed by atoms with Gasteiger partial charge in [0.25, 0.3) is 11.6 Å². The lowest BCUT2D eigenvalue weighted by molar-refractivity contribution is -0.385. The number of para-hydroxylation sites is 1. The number of nitrogens with one attached hydrogen (secondary N) is 2. The van der Waals surface area contributed by atoms with Gasteiger partial charge in [0.2, 0.25) is 0 Å². The van der Waals surface area contributed by atoms with Crippen molar-refractivity contribution in [2.24, 2.45) is 5.84 Å². The fraction of sp³-hybridized carbons (Fsp3) is 0.0833. The summed E-state index contributed by atoms with van der Waals surface area (Å²) in [6.45, 7) is 0.0119. The fourth-order valence-corrected chi connectivity index (χ4v) is 1.65. The third kappa shape index (κ3) is 3.48.